The fourth-order valence-electron chi connectivity index (χ4n) is 7.98. The molecule has 4 aromatic rings. The Kier molecular flexibility index (Phi) is 21.4. The van der Waals surface area contributed by atoms with E-state index in [1.807, 2.05) is 24.6 Å². The summed E-state index contributed by atoms with van der Waals surface area (Å²) in [4.78, 5) is 21.5. The number of hydrogen-bond acceptors (Lipinski definition) is 12. The highest BCUT2D eigenvalue weighted by molar-refractivity contribution is 5.88. The van der Waals surface area contributed by atoms with Gasteiger partial charge in [-0.15, -0.1) is 0 Å². The zero-order chi connectivity index (χ0) is 44.8. The summed E-state index contributed by atoms with van der Waals surface area (Å²) in [5, 5.41) is 19.8. The first-order chi connectivity index (χ1) is 30.9. The number of aliphatic imine (C=N–C) groups is 2. The van der Waals surface area contributed by atoms with Gasteiger partial charge in [-0.1, -0.05) is 13.8 Å². The second-order valence-electron chi connectivity index (χ2n) is 15.4. The van der Waals surface area contributed by atoms with Gasteiger partial charge in [0.1, 0.15) is 13.2 Å². The standard InChI is InChI=1S/C48H71N5O10/c1-7-35-36(8-2)40-28-42-38(12-10-14-55)34(4)46(53-42)32-50-44-30-48(63-26-24-61-22-20-59-18-16-57-6)47(62-25-23-60-21-19-58-17-15-56-5)29-43(44)49-31-45-33(3)37(11-9-13-54)41(52-45)27-39(35)51-40/h29-32,51-55H,7-28H2,1-6H3. The number of aromatic nitrogens is 3. The van der Waals surface area contributed by atoms with Crippen LogP contribution in [0.5, 0.6) is 11.5 Å². The van der Waals surface area contributed by atoms with Crippen molar-refractivity contribution in [3.05, 3.63) is 79.7 Å². The number of rotatable bonds is 28. The Morgan fingerprint density at radius 3 is 1.24 bits per heavy atom. The molecular weight excluding hydrogens is 807 g/mol. The molecule has 63 heavy (non-hydrogen) atoms. The van der Waals surface area contributed by atoms with Gasteiger partial charge in [-0.25, -0.2) is 0 Å². The molecule has 0 unspecified atom stereocenters. The number of fused-ring (bicyclic) bond motifs is 7. The van der Waals surface area contributed by atoms with Gasteiger partial charge in [0.2, 0.25) is 0 Å². The highest BCUT2D eigenvalue weighted by Crippen LogP contribution is 2.41. The van der Waals surface area contributed by atoms with Crippen LogP contribution in [0, 0.1) is 13.8 Å². The number of hydrogen-bond donors (Lipinski definition) is 5. The Hall–Kier alpha value is -4.32. The molecule has 15 nitrogen and oxygen atoms in total. The lowest BCUT2D eigenvalue weighted by atomic mass is 9.97. The average molecular weight is 878 g/mol. The summed E-state index contributed by atoms with van der Waals surface area (Å²) in [7, 11) is 3.29. The Morgan fingerprint density at radius 1 is 0.508 bits per heavy atom. The van der Waals surface area contributed by atoms with E-state index in [4.69, 9.17) is 47.9 Å². The van der Waals surface area contributed by atoms with Crippen LogP contribution in [0.25, 0.3) is 0 Å². The largest absolute Gasteiger partial charge is 0.487 e. The molecule has 0 fully saturated rings. The van der Waals surface area contributed by atoms with Crippen LogP contribution < -0.4 is 9.47 Å². The molecule has 1 aromatic carbocycles. The highest BCUT2D eigenvalue weighted by Gasteiger charge is 2.22. The van der Waals surface area contributed by atoms with Crippen LogP contribution >= 0.6 is 0 Å². The van der Waals surface area contributed by atoms with Crippen molar-refractivity contribution in [2.45, 2.75) is 79.1 Å². The van der Waals surface area contributed by atoms with Crippen molar-refractivity contribution in [1.82, 2.24) is 15.0 Å². The Morgan fingerprint density at radius 2 is 0.873 bits per heavy atom. The lowest BCUT2D eigenvalue weighted by Gasteiger charge is -2.15. The highest BCUT2D eigenvalue weighted by atomic mass is 16.6. The summed E-state index contributed by atoms with van der Waals surface area (Å²) in [5.41, 5.74) is 14.9. The van der Waals surface area contributed by atoms with Crippen molar-refractivity contribution >= 4 is 23.8 Å². The lowest BCUT2D eigenvalue weighted by Crippen LogP contribution is -2.14. The summed E-state index contributed by atoms with van der Waals surface area (Å²) in [5.74, 6) is 0.987. The first-order valence-electron chi connectivity index (χ1n) is 22.5. The molecule has 1 aliphatic heterocycles. The normalized spacial score (nSPS) is 12.6. The summed E-state index contributed by atoms with van der Waals surface area (Å²) in [6, 6.07) is 3.72. The first-order valence-corrected chi connectivity index (χ1v) is 22.5. The number of aromatic amines is 3. The number of nitrogens with one attached hydrogen (secondary N) is 3. The fraction of sp³-hybridized carbons (Fsp3) is 0.583. The Labute approximate surface area is 372 Å². The number of aliphatic hydroxyl groups is 2. The van der Waals surface area contributed by atoms with Gasteiger partial charge in [0.25, 0.3) is 0 Å². The summed E-state index contributed by atoms with van der Waals surface area (Å²) in [6.45, 7) is 14.0. The molecule has 0 saturated carbocycles. The number of H-pyrrole nitrogens is 3. The van der Waals surface area contributed by atoms with Crippen molar-refractivity contribution in [1.29, 1.82) is 0 Å². The second-order valence-corrected chi connectivity index (χ2v) is 15.4. The zero-order valence-electron chi connectivity index (χ0n) is 38.4. The smallest absolute Gasteiger partial charge is 0.163 e. The SMILES string of the molecule is CCc1c2[nH]c(c1CC)Cc1[nH]c(c(C)c1CCCO)C=Nc1cc(OCCOCCOCCOC)c(OCCOCCOCCOC)cc1N=Cc1[nH]c(c(CCCO)c1C)C2. The molecule has 5 rings (SSSR count). The van der Waals surface area contributed by atoms with Gasteiger partial charge >= 0.3 is 0 Å². The summed E-state index contributed by atoms with van der Waals surface area (Å²) in [6.07, 6.45) is 9.72. The molecule has 0 radical (unpaired) electrons. The maximum absolute atomic E-state index is 9.88. The molecule has 1 aliphatic rings. The number of aliphatic hydroxyl groups excluding tert-OH is 2. The van der Waals surface area contributed by atoms with E-state index in [-0.39, 0.29) is 26.4 Å². The van der Waals surface area contributed by atoms with Crippen molar-refractivity contribution in [3.8, 4) is 11.5 Å². The van der Waals surface area contributed by atoms with E-state index in [0.29, 0.717) is 115 Å². The molecule has 0 aliphatic carbocycles. The fourth-order valence-corrected chi connectivity index (χ4v) is 7.98. The monoisotopic (exact) mass is 878 g/mol. The molecule has 4 heterocycles. The van der Waals surface area contributed by atoms with E-state index in [2.05, 4.69) is 42.6 Å². The molecule has 0 amide bonds. The third kappa shape index (κ3) is 14.3. The molecule has 0 atom stereocenters. The van der Waals surface area contributed by atoms with Gasteiger partial charge in [-0.3, -0.25) is 9.98 Å². The number of nitrogens with zero attached hydrogens (tertiary/aromatic N) is 2. The molecule has 0 saturated heterocycles. The third-order valence-electron chi connectivity index (χ3n) is 11.3. The van der Waals surface area contributed by atoms with Crippen LogP contribution in [-0.2, 0) is 66.9 Å². The molecule has 6 bridgehead atoms. The van der Waals surface area contributed by atoms with Crippen LogP contribution in [0.1, 0.15) is 94.2 Å². The minimum Gasteiger partial charge on any atom is -0.487 e. The van der Waals surface area contributed by atoms with Gasteiger partial charge in [-0.05, 0) is 85.8 Å². The molecule has 3 aromatic heterocycles. The minimum atomic E-state index is 0.109. The predicted molar refractivity (Wildman–Crippen MR) is 246 cm³/mol. The topological polar surface area (TPSA) is 186 Å². The predicted octanol–water partition coefficient (Wildman–Crippen LogP) is 6.38. The van der Waals surface area contributed by atoms with Gasteiger partial charge in [0.05, 0.1) is 101 Å². The molecular formula is C48H71N5O10. The number of methoxy groups -OCH3 is 2. The van der Waals surface area contributed by atoms with Crippen molar-refractivity contribution in [3.63, 3.8) is 0 Å². The van der Waals surface area contributed by atoms with Crippen LogP contribution in [0.15, 0.2) is 22.1 Å². The molecule has 5 N–H and O–H groups in total. The van der Waals surface area contributed by atoms with E-state index in [1.54, 1.807) is 14.2 Å². The van der Waals surface area contributed by atoms with Crippen LogP contribution in [0.4, 0.5) is 11.4 Å². The lowest BCUT2D eigenvalue weighted by molar-refractivity contribution is 0.0160. The average Bonchev–Trinajstić information content (AvgIpc) is 3.89. The molecule has 348 valence electrons. The first kappa shape index (κ1) is 49.7. The minimum absolute atomic E-state index is 0.109. The third-order valence-corrected chi connectivity index (χ3v) is 11.3. The van der Waals surface area contributed by atoms with Gasteiger partial charge in [-0.2, -0.15) is 0 Å². The Balaban J connectivity index is 1.55. The molecule has 15 heteroatoms. The maximum Gasteiger partial charge on any atom is 0.163 e. The van der Waals surface area contributed by atoms with E-state index in [0.717, 1.165) is 59.6 Å². The van der Waals surface area contributed by atoms with Crippen molar-refractivity contribution in [2.24, 2.45) is 9.98 Å². The Bertz CT molecular complexity index is 1890. The maximum atomic E-state index is 9.88. The zero-order valence-corrected chi connectivity index (χ0v) is 38.4. The second kappa shape index (κ2) is 27.1. The van der Waals surface area contributed by atoms with Gasteiger partial charge < -0.3 is 63.1 Å². The van der Waals surface area contributed by atoms with Crippen molar-refractivity contribution < 1.29 is 48.1 Å². The quantitative estimate of drug-likeness (QED) is 0.0354. The summed E-state index contributed by atoms with van der Waals surface area (Å²) >= 11 is 0. The van der Waals surface area contributed by atoms with Crippen LogP contribution in [0.2, 0.25) is 0 Å². The number of ether oxygens (including phenoxy) is 8. The summed E-state index contributed by atoms with van der Waals surface area (Å²) < 4.78 is 45.4. The van der Waals surface area contributed by atoms with E-state index < -0.39 is 0 Å². The molecule has 0 spiro atoms. The van der Waals surface area contributed by atoms with Crippen LogP contribution in [-0.4, -0.2) is 144 Å². The van der Waals surface area contributed by atoms with E-state index in [9.17, 15) is 10.2 Å². The van der Waals surface area contributed by atoms with Gasteiger partial charge in [0.15, 0.2) is 11.5 Å². The van der Waals surface area contributed by atoms with Crippen LogP contribution in [0.3, 0.4) is 0 Å². The van der Waals surface area contributed by atoms with Gasteiger partial charge in [0, 0.05) is 75.2 Å². The number of benzene rings is 1. The van der Waals surface area contributed by atoms with E-state index in [1.165, 1.54) is 33.6 Å². The van der Waals surface area contributed by atoms with Crippen molar-refractivity contribution in [2.75, 3.05) is 107 Å². The van der Waals surface area contributed by atoms with E-state index >= 15 is 0 Å².